The van der Waals surface area contributed by atoms with E-state index in [9.17, 15) is 9.59 Å². The summed E-state index contributed by atoms with van der Waals surface area (Å²) >= 11 is 0. The number of methoxy groups -OCH3 is 2. The molecule has 1 heterocycles. The molecule has 0 radical (unpaired) electrons. The first-order chi connectivity index (χ1) is 13.0. The molecule has 2 aromatic rings. The van der Waals surface area contributed by atoms with Crippen LogP contribution >= 0.6 is 0 Å². The highest BCUT2D eigenvalue weighted by atomic mass is 16.5. The van der Waals surface area contributed by atoms with Crippen LogP contribution in [0.3, 0.4) is 0 Å². The lowest BCUT2D eigenvalue weighted by Gasteiger charge is -2.22. The molecule has 0 saturated heterocycles. The molecule has 0 spiro atoms. The smallest absolute Gasteiger partial charge is 0.252 e. The second-order valence-corrected chi connectivity index (χ2v) is 6.34. The fourth-order valence-corrected chi connectivity index (χ4v) is 2.54. The number of amides is 2. The molecule has 1 aromatic carbocycles. The van der Waals surface area contributed by atoms with Crippen molar-refractivity contribution in [3.05, 3.63) is 53.9 Å². The zero-order valence-corrected chi connectivity index (χ0v) is 16.0. The van der Waals surface area contributed by atoms with Crippen molar-refractivity contribution in [2.45, 2.75) is 26.4 Å². The van der Waals surface area contributed by atoms with Gasteiger partial charge in [0.15, 0.2) is 11.5 Å². The standard InChI is InChI=1S/C20H25N3O4/c1-13(2)18(20(25)22-12-14-6-5-9-21-11-14)23-19(24)15-7-8-16(26-3)17(10-15)27-4/h5-11,13,18H,12H2,1-4H3,(H,22,25)(H,23,24)/t18-/m0/s1. The molecule has 0 aliphatic heterocycles. The third kappa shape index (κ3) is 5.44. The van der Waals surface area contributed by atoms with Gasteiger partial charge in [0, 0.05) is 24.5 Å². The van der Waals surface area contributed by atoms with Crippen molar-refractivity contribution >= 4 is 11.8 Å². The van der Waals surface area contributed by atoms with Crippen molar-refractivity contribution in [2.24, 2.45) is 5.92 Å². The first-order valence-corrected chi connectivity index (χ1v) is 8.65. The number of hydrogen-bond acceptors (Lipinski definition) is 5. The fourth-order valence-electron chi connectivity index (χ4n) is 2.54. The topological polar surface area (TPSA) is 89.5 Å². The normalized spacial score (nSPS) is 11.6. The highest BCUT2D eigenvalue weighted by Crippen LogP contribution is 2.27. The predicted octanol–water partition coefficient (Wildman–Crippen LogP) is 2.17. The molecule has 0 aliphatic carbocycles. The maximum absolute atomic E-state index is 12.6. The molecule has 2 N–H and O–H groups in total. The minimum absolute atomic E-state index is 0.0806. The summed E-state index contributed by atoms with van der Waals surface area (Å²) in [6.07, 6.45) is 3.36. The van der Waals surface area contributed by atoms with Crippen LogP contribution in [0, 0.1) is 5.92 Å². The lowest BCUT2D eigenvalue weighted by Crippen LogP contribution is -2.49. The second kappa shape index (κ2) is 9.56. The van der Waals surface area contributed by atoms with Crippen molar-refractivity contribution in [2.75, 3.05) is 14.2 Å². The van der Waals surface area contributed by atoms with E-state index < -0.39 is 6.04 Å². The molecule has 2 rings (SSSR count). The summed E-state index contributed by atoms with van der Waals surface area (Å²) in [5.41, 5.74) is 1.28. The Kier molecular flexibility index (Phi) is 7.16. The lowest BCUT2D eigenvalue weighted by atomic mass is 10.0. The number of ether oxygens (including phenoxy) is 2. The number of carbonyl (C=O) groups is 2. The quantitative estimate of drug-likeness (QED) is 0.742. The zero-order valence-electron chi connectivity index (χ0n) is 16.0. The van der Waals surface area contributed by atoms with Crippen LogP contribution in [0.5, 0.6) is 11.5 Å². The number of carbonyl (C=O) groups excluding carboxylic acids is 2. The number of rotatable bonds is 8. The summed E-state index contributed by atoms with van der Waals surface area (Å²) in [6.45, 7) is 4.11. The number of hydrogen-bond donors (Lipinski definition) is 2. The maximum Gasteiger partial charge on any atom is 0.252 e. The van der Waals surface area contributed by atoms with Gasteiger partial charge in [0.05, 0.1) is 14.2 Å². The van der Waals surface area contributed by atoms with Gasteiger partial charge < -0.3 is 20.1 Å². The van der Waals surface area contributed by atoms with Gasteiger partial charge in [-0.2, -0.15) is 0 Å². The van der Waals surface area contributed by atoms with E-state index in [1.54, 1.807) is 36.7 Å². The second-order valence-electron chi connectivity index (χ2n) is 6.34. The summed E-state index contributed by atoms with van der Waals surface area (Å²) in [5, 5.41) is 5.63. The van der Waals surface area contributed by atoms with Crippen molar-refractivity contribution < 1.29 is 19.1 Å². The Hall–Kier alpha value is -3.09. The third-order valence-corrected chi connectivity index (χ3v) is 4.07. The molecule has 2 amide bonds. The molecule has 7 nitrogen and oxygen atoms in total. The summed E-state index contributed by atoms with van der Waals surface area (Å²) in [7, 11) is 3.03. The molecule has 0 aliphatic rings. The van der Waals surface area contributed by atoms with Gasteiger partial charge in [-0.1, -0.05) is 19.9 Å². The van der Waals surface area contributed by atoms with Crippen LogP contribution in [-0.2, 0) is 11.3 Å². The largest absolute Gasteiger partial charge is 0.493 e. The first kappa shape index (κ1) is 20.2. The number of benzene rings is 1. The minimum Gasteiger partial charge on any atom is -0.493 e. The van der Waals surface area contributed by atoms with E-state index in [0.717, 1.165) is 5.56 Å². The minimum atomic E-state index is -0.665. The van der Waals surface area contributed by atoms with Crippen LogP contribution in [0.2, 0.25) is 0 Å². The summed E-state index contributed by atoms with van der Waals surface area (Å²) in [6, 6.07) is 7.88. The Bertz CT molecular complexity index is 778. The SMILES string of the molecule is COc1ccc(C(=O)N[C@H](C(=O)NCc2cccnc2)C(C)C)cc1OC. The van der Waals surface area contributed by atoms with E-state index in [0.29, 0.717) is 23.6 Å². The predicted molar refractivity (Wildman–Crippen MR) is 102 cm³/mol. The van der Waals surface area contributed by atoms with E-state index in [1.807, 2.05) is 19.9 Å². The van der Waals surface area contributed by atoms with Gasteiger partial charge in [-0.15, -0.1) is 0 Å². The van der Waals surface area contributed by atoms with E-state index >= 15 is 0 Å². The van der Waals surface area contributed by atoms with E-state index in [2.05, 4.69) is 15.6 Å². The molecular formula is C20H25N3O4. The van der Waals surface area contributed by atoms with E-state index in [4.69, 9.17) is 9.47 Å². The molecule has 0 fully saturated rings. The molecule has 7 heteroatoms. The monoisotopic (exact) mass is 371 g/mol. The number of nitrogens with one attached hydrogen (secondary N) is 2. The molecule has 1 aromatic heterocycles. The third-order valence-electron chi connectivity index (χ3n) is 4.07. The van der Waals surface area contributed by atoms with Gasteiger partial charge in [0.25, 0.3) is 5.91 Å². The highest BCUT2D eigenvalue weighted by Gasteiger charge is 2.25. The van der Waals surface area contributed by atoms with Crippen LogP contribution in [0.25, 0.3) is 0 Å². The maximum atomic E-state index is 12.6. The number of aromatic nitrogens is 1. The van der Waals surface area contributed by atoms with Crippen LogP contribution in [0.4, 0.5) is 0 Å². The van der Waals surface area contributed by atoms with E-state index in [-0.39, 0.29) is 17.7 Å². The highest BCUT2D eigenvalue weighted by molar-refractivity contribution is 5.98. The first-order valence-electron chi connectivity index (χ1n) is 8.65. The van der Waals surface area contributed by atoms with Gasteiger partial charge in [-0.25, -0.2) is 0 Å². The van der Waals surface area contributed by atoms with E-state index in [1.165, 1.54) is 14.2 Å². The fraction of sp³-hybridized carbons (Fsp3) is 0.350. The molecule has 1 atom stereocenters. The van der Waals surface area contributed by atoms with Gasteiger partial charge in [-0.05, 0) is 35.7 Å². The van der Waals surface area contributed by atoms with Crippen molar-refractivity contribution in [3.8, 4) is 11.5 Å². The Morgan fingerprint density at radius 1 is 1.11 bits per heavy atom. The van der Waals surface area contributed by atoms with Crippen molar-refractivity contribution in [1.29, 1.82) is 0 Å². The van der Waals surface area contributed by atoms with Gasteiger partial charge >= 0.3 is 0 Å². The summed E-state index contributed by atoms with van der Waals surface area (Å²) in [5.74, 6) is 0.299. The molecule has 0 bridgehead atoms. The number of pyridine rings is 1. The molecule has 27 heavy (non-hydrogen) atoms. The molecule has 0 unspecified atom stereocenters. The molecular weight excluding hydrogens is 346 g/mol. The Morgan fingerprint density at radius 3 is 2.44 bits per heavy atom. The van der Waals surface area contributed by atoms with Crippen LogP contribution in [0.15, 0.2) is 42.7 Å². The van der Waals surface area contributed by atoms with Gasteiger partial charge in [0.2, 0.25) is 5.91 Å². The molecule has 144 valence electrons. The average Bonchev–Trinajstić information content (AvgIpc) is 2.69. The number of nitrogens with zero attached hydrogens (tertiary/aromatic N) is 1. The Labute approximate surface area is 159 Å². The van der Waals surface area contributed by atoms with Crippen molar-refractivity contribution in [1.82, 2.24) is 15.6 Å². The Balaban J connectivity index is 2.06. The summed E-state index contributed by atoms with van der Waals surface area (Å²) in [4.78, 5) is 29.2. The van der Waals surface area contributed by atoms with Crippen LogP contribution in [-0.4, -0.2) is 37.1 Å². The van der Waals surface area contributed by atoms with Crippen molar-refractivity contribution in [3.63, 3.8) is 0 Å². The van der Waals surface area contributed by atoms with Gasteiger partial charge in [0.1, 0.15) is 6.04 Å². The Morgan fingerprint density at radius 2 is 1.85 bits per heavy atom. The average molecular weight is 371 g/mol. The van der Waals surface area contributed by atoms with Crippen LogP contribution in [0.1, 0.15) is 29.8 Å². The lowest BCUT2D eigenvalue weighted by molar-refractivity contribution is -0.124. The molecule has 0 saturated carbocycles. The van der Waals surface area contributed by atoms with Gasteiger partial charge in [-0.3, -0.25) is 14.6 Å². The van der Waals surface area contributed by atoms with Crippen LogP contribution < -0.4 is 20.1 Å². The zero-order chi connectivity index (χ0) is 19.8. The summed E-state index contributed by atoms with van der Waals surface area (Å²) < 4.78 is 10.4.